The number of amides is 1. The molecule has 29 heavy (non-hydrogen) atoms. The first kappa shape index (κ1) is 22.5. The highest BCUT2D eigenvalue weighted by Crippen LogP contribution is 2.29. The first-order chi connectivity index (χ1) is 13.8. The number of hydrogen-bond acceptors (Lipinski definition) is 4. The minimum absolute atomic E-state index is 0.0880. The molecule has 0 aliphatic carbocycles. The Morgan fingerprint density at radius 2 is 1.66 bits per heavy atom. The molecule has 0 fully saturated rings. The zero-order chi connectivity index (χ0) is 21.3. The van der Waals surface area contributed by atoms with Gasteiger partial charge in [-0.1, -0.05) is 25.0 Å². The Bertz CT molecular complexity index is 792. The van der Waals surface area contributed by atoms with Crippen LogP contribution in [-0.4, -0.2) is 12.5 Å². The second kappa shape index (κ2) is 10.7. The van der Waals surface area contributed by atoms with Crippen LogP contribution in [0, 0.1) is 0 Å². The van der Waals surface area contributed by atoms with E-state index in [1.165, 1.54) is 12.1 Å². The summed E-state index contributed by atoms with van der Waals surface area (Å²) in [5.74, 6) is -0.0880. The molecule has 0 unspecified atom stereocenters. The lowest BCUT2D eigenvalue weighted by Gasteiger charge is -2.12. The van der Waals surface area contributed by atoms with Gasteiger partial charge in [-0.25, -0.2) is 0 Å². The highest BCUT2D eigenvalue weighted by Gasteiger charge is 2.29. The minimum Gasteiger partial charge on any atom is -0.397 e. The molecule has 0 radical (unpaired) electrons. The minimum atomic E-state index is -4.34. The summed E-state index contributed by atoms with van der Waals surface area (Å²) < 4.78 is 37.8. The molecule has 1 amide bonds. The Morgan fingerprint density at radius 3 is 2.28 bits per heavy atom. The molecule has 0 bridgehead atoms. The molecule has 0 saturated heterocycles. The van der Waals surface area contributed by atoms with Crippen molar-refractivity contribution in [1.82, 2.24) is 0 Å². The van der Waals surface area contributed by atoms with Crippen LogP contribution in [0.25, 0.3) is 0 Å². The number of nitrogens with one attached hydrogen (secondary N) is 2. The van der Waals surface area contributed by atoms with Crippen molar-refractivity contribution in [2.75, 3.05) is 22.9 Å². The summed E-state index contributed by atoms with van der Waals surface area (Å²) >= 11 is 0. The van der Waals surface area contributed by atoms with E-state index in [0.29, 0.717) is 42.1 Å². The number of alkyl halides is 3. The van der Waals surface area contributed by atoms with Crippen LogP contribution in [0.1, 0.15) is 43.2 Å². The summed E-state index contributed by atoms with van der Waals surface area (Å²) in [4.78, 5) is 12.0. The quantitative estimate of drug-likeness (QED) is 0.337. The lowest BCUT2D eigenvalue weighted by Crippen LogP contribution is -2.13. The number of unbranched alkanes of at least 4 members (excludes halogenated alkanes) is 3. The van der Waals surface area contributed by atoms with Crippen LogP contribution in [0.2, 0.25) is 0 Å². The van der Waals surface area contributed by atoms with E-state index < -0.39 is 11.7 Å². The number of halogens is 3. The first-order valence-corrected chi connectivity index (χ1v) is 9.59. The van der Waals surface area contributed by atoms with Gasteiger partial charge < -0.3 is 22.1 Å². The Labute approximate surface area is 168 Å². The Balaban J connectivity index is 1.83. The fourth-order valence-electron chi connectivity index (χ4n) is 2.80. The second-order valence-corrected chi connectivity index (χ2v) is 6.85. The number of hydrogen-bond donors (Lipinski definition) is 4. The molecule has 8 heteroatoms. The standard InChI is InChI=1S/C21H27F3N4O/c22-21(23,24)16-8-6-15(7-9-16)14-27-17-10-11-19(18(26)13-17)28-20(29)5-3-1-2-4-12-25/h6-11,13,27H,1-5,12,14,25-26H2,(H,28,29). The molecule has 0 spiro atoms. The van der Waals surface area contributed by atoms with Crippen LogP contribution in [0.15, 0.2) is 42.5 Å². The van der Waals surface area contributed by atoms with Crippen molar-refractivity contribution in [3.05, 3.63) is 53.6 Å². The molecule has 2 aromatic rings. The van der Waals surface area contributed by atoms with E-state index >= 15 is 0 Å². The summed E-state index contributed by atoms with van der Waals surface area (Å²) in [6.45, 7) is 1.02. The van der Waals surface area contributed by atoms with Crippen molar-refractivity contribution in [2.45, 2.75) is 44.8 Å². The molecule has 158 valence electrons. The molecule has 5 nitrogen and oxygen atoms in total. The Morgan fingerprint density at radius 1 is 0.966 bits per heavy atom. The van der Waals surface area contributed by atoms with Crippen molar-refractivity contribution in [3.8, 4) is 0 Å². The summed E-state index contributed by atoms with van der Waals surface area (Å²) in [6.07, 6.45) is -0.158. The van der Waals surface area contributed by atoms with Gasteiger partial charge >= 0.3 is 6.18 Å². The molecule has 0 aromatic heterocycles. The lowest BCUT2D eigenvalue weighted by atomic mass is 10.1. The smallest absolute Gasteiger partial charge is 0.397 e. The summed E-state index contributed by atoms with van der Waals surface area (Å²) in [6, 6.07) is 10.1. The molecule has 2 aromatic carbocycles. The monoisotopic (exact) mass is 408 g/mol. The van der Waals surface area contributed by atoms with Gasteiger partial charge in [-0.3, -0.25) is 4.79 Å². The van der Waals surface area contributed by atoms with Crippen LogP contribution < -0.4 is 22.1 Å². The van der Waals surface area contributed by atoms with Gasteiger partial charge in [0, 0.05) is 18.7 Å². The molecule has 2 rings (SSSR count). The molecule has 0 aliphatic rings. The fraction of sp³-hybridized carbons (Fsp3) is 0.381. The van der Waals surface area contributed by atoms with E-state index in [-0.39, 0.29) is 5.91 Å². The fourth-order valence-corrected chi connectivity index (χ4v) is 2.80. The third kappa shape index (κ3) is 7.65. The maximum absolute atomic E-state index is 12.6. The number of benzene rings is 2. The van der Waals surface area contributed by atoms with Gasteiger partial charge in [0.2, 0.25) is 5.91 Å². The summed E-state index contributed by atoms with van der Waals surface area (Å²) in [7, 11) is 0. The normalized spacial score (nSPS) is 11.3. The van der Waals surface area contributed by atoms with Crippen LogP contribution in [0.4, 0.5) is 30.2 Å². The molecule has 0 heterocycles. The van der Waals surface area contributed by atoms with Gasteiger partial charge in [0.25, 0.3) is 0 Å². The third-order valence-electron chi connectivity index (χ3n) is 4.46. The number of anilines is 3. The highest BCUT2D eigenvalue weighted by atomic mass is 19.4. The van der Waals surface area contributed by atoms with Gasteiger partial charge in [-0.15, -0.1) is 0 Å². The zero-order valence-electron chi connectivity index (χ0n) is 16.2. The maximum atomic E-state index is 12.6. The van der Waals surface area contributed by atoms with E-state index in [4.69, 9.17) is 11.5 Å². The van der Waals surface area contributed by atoms with Crippen molar-refractivity contribution in [3.63, 3.8) is 0 Å². The van der Waals surface area contributed by atoms with Gasteiger partial charge in [-0.05, 0) is 55.3 Å². The summed E-state index contributed by atoms with van der Waals surface area (Å²) in [5, 5.41) is 5.91. The molecule has 0 aliphatic heterocycles. The SMILES string of the molecule is NCCCCCCC(=O)Nc1ccc(NCc2ccc(C(F)(F)F)cc2)cc1N. The van der Waals surface area contributed by atoms with Crippen molar-refractivity contribution < 1.29 is 18.0 Å². The van der Waals surface area contributed by atoms with Gasteiger partial charge in [0.15, 0.2) is 0 Å². The molecular weight excluding hydrogens is 381 g/mol. The maximum Gasteiger partial charge on any atom is 0.416 e. The van der Waals surface area contributed by atoms with E-state index in [1.54, 1.807) is 18.2 Å². The number of carbonyl (C=O) groups is 1. The van der Waals surface area contributed by atoms with Gasteiger partial charge in [0.1, 0.15) is 0 Å². The van der Waals surface area contributed by atoms with Crippen molar-refractivity contribution in [2.24, 2.45) is 5.73 Å². The van der Waals surface area contributed by atoms with E-state index in [2.05, 4.69) is 10.6 Å². The predicted octanol–water partition coefficient (Wildman–Crippen LogP) is 4.75. The summed E-state index contributed by atoms with van der Waals surface area (Å²) in [5.41, 5.74) is 13.1. The molecule has 0 atom stereocenters. The van der Waals surface area contributed by atoms with Crippen LogP contribution in [0.5, 0.6) is 0 Å². The third-order valence-corrected chi connectivity index (χ3v) is 4.46. The number of nitrogen functional groups attached to an aromatic ring is 1. The van der Waals surface area contributed by atoms with Gasteiger partial charge in [-0.2, -0.15) is 13.2 Å². The number of carbonyl (C=O) groups excluding carboxylic acids is 1. The Hall–Kier alpha value is -2.74. The van der Waals surface area contributed by atoms with Crippen LogP contribution in [0.3, 0.4) is 0 Å². The van der Waals surface area contributed by atoms with Crippen LogP contribution >= 0.6 is 0 Å². The predicted molar refractivity (Wildman–Crippen MR) is 110 cm³/mol. The number of nitrogens with two attached hydrogens (primary N) is 2. The zero-order valence-corrected chi connectivity index (χ0v) is 16.2. The van der Waals surface area contributed by atoms with Crippen molar-refractivity contribution >= 4 is 23.0 Å². The largest absolute Gasteiger partial charge is 0.416 e. The average molecular weight is 408 g/mol. The molecular formula is C21H27F3N4O. The Kier molecular flexibility index (Phi) is 8.33. The lowest BCUT2D eigenvalue weighted by molar-refractivity contribution is -0.137. The van der Waals surface area contributed by atoms with E-state index in [0.717, 1.165) is 37.8 Å². The topological polar surface area (TPSA) is 93.2 Å². The average Bonchev–Trinajstić information content (AvgIpc) is 2.68. The van der Waals surface area contributed by atoms with E-state index in [1.807, 2.05) is 0 Å². The first-order valence-electron chi connectivity index (χ1n) is 9.59. The van der Waals surface area contributed by atoms with E-state index in [9.17, 15) is 18.0 Å². The highest BCUT2D eigenvalue weighted by molar-refractivity contribution is 5.94. The number of rotatable bonds is 10. The second-order valence-electron chi connectivity index (χ2n) is 6.85. The molecule has 0 saturated carbocycles. The molecule has 6 N–H and O–H groups in total. The van der Waals surface area contributed by atoms with Crippen LogP contribution in [-0.2, 0) is 17.5 Å². The van der Waals surface area contributed by atoms with Crippen molar-refractivity contribution in [1.29, 1.82) is 0 Å². The van der Waals surface area contributed by atoms with Gasteiger partial charge in [0.05, 0.1) is 16.9 Å².